The third kappa shape index (κ3) is 5.02. The molecule has 0 bridgehead atoms. The Labute approximate surface area is 182 Å². The summed E-state index contributed by atoms with van der Waals surface area (Å²) < 4.78 is 1.47. The molecule has 0 unspecified atom stereocenters. The monoisotopic (exact) mass is 416 g/mol. The number of piperidine rings is 1. The Kier molecular flexibility index (Phi) is 6.16. The topological polar surface area (TPSA) is 67.2 Å². The maximum atomic E-state index is 12.9. The van der Waals surface area contributed by atoms with Gasteiger partial charge in [-0.15, -0.1) is 0 Å². The summed E-state index contributed by atoms with van der Waals surface area (Å²) in [5.74, 6) is -0.0942. The highest BCUT2D eigenvalue weighted by Crippen LogP contribution is 2.24. The van der Waals surface area contributed by atoms with Crippen LogP contribution in [0.1, 0.15) is 29.5 Å². The maximum Gasteiger partial charge on any atom is 0.269 e. The lowest BCUT2D eigenvalue weighted by Crippen LogP contribution is -2.41. The summed E-state index contributed by atoms with van der Waals surface area (Å²) in [5, 5.41) is 7.45. The van der Waals surface area contributed by atoms with Crippen molar-refractivity contribution in [3.63, 3.8) is 0 Å². The zero-order valence-corrected chi connectivity index (χ0v) is 18.0. The number of aryl methyl sites for hydroxylation is 2. The van der Waals surface area contributed by atoms with Gasteiger partial charge in [0.15, 0.2) is 0 Å². The van der Waals surface area contributed by atoms with Gasteiger partial charge in [0.1, 0.15) is 0 Å². The second kappa shape index (κ2) is 9.16. The number of hydrogen-bond acceptors (Lipinski definition) is 4. The van der Waals surface area contributed by atoms with Crippen LogP contribution >= 0.6 is 0 Å². The van der Waals surface area contributed by atoms with Gasteiger partial charge < -0.3 is 10.2 Å². The van der Waals surface area contributed by atoms with Crippen molar-refractivity contribution in [3.05, 3.63) is 87.8 Å². The van der Waals surface area contributed by atoms with Crippen molar-refractivity contribution in [2.75, 3.05) is 23.3 Å². The van der Waals surface area contributed by atoms with Gasteiger partial charge in [-0.25, -0.2) is 4.68 Å². The van der Waals surface area contributed by atoms with Gasteiger partial charge in [0.05, 0.1) is 24.3 Å². The first-order valence-electron chi connectivity index (χ1n) is 10.7. The van der Waals surface area contributed by atoms with Crippen LogP contribution < -0.4 is 15.8 Å². The van der Waals surface area contributed by atoms with E-state index in [0.717, 1.165) is 41.9 Å². The fourth-order valence-electron chi connectivity index (χ4n) is 4.09. The minimum absolute atomic E-state index is 0.0297. The molecule has 0 spiro atoms. The summed E-state index contributed by atoms with van der Waals surface area (Å²) in [6, 6.07) is 17.5. The number of amides is 1. The molecular formula is C25H28N4O2. The Morgan fingerprint density at radius 1 is 1.13 bits per heavy atom. The smallest absolute Gasteiger partial charge is 0.269 e. The fraction of sp³-hybridized carbons (Fsp3) is 0.320. The molecule has 6 nitrogen and oxygen atoms in total. The lowest BCUT2D eigenvalue weighted by molar-refractivity contribution is -0.120. The first-order valence-corrected chi connectivity index (χ1v) is 10.7. The second-order valence-electron chi connectivity index (χ2n) is 8.29. The third-order valence-corrected chi connectivity index (χ3v) is 5.83. The Bertz CT molecular complexity index is 1120. The SMILES string of the molecule is Cc1ccc(NC(=O)[C@H]2CCCN(c3cnn(Cc4ccccc4)c(=O)c3)C2)c(C)c1. The summed E-state index contributed by atoms with van der Waals surface area (Å²) in [4.78, 5) is 27.6. The van der Waals surface area contributed by atoms with E-state index in [1.54, 1.807) is 12.3 Å². The van der Waals surface area contributed by atoms with Crippen molar-refractivity contribution in [3.8, 4) is 0 Å². The molecule has 4 rings (SSSR count). The lowest BCUT2D eigenvalue weighted by atomic mass is 9.96. The van der Waals surface area contributed by atoms with Crippen molar-refractivity contribution in [2.24, 2.45) is 5.92 Å². The highest BCUT2D eigenvalue weighted by Gasteiger charge is 2.26. The summed E-state index contributed by atoms with van der Waals surface area (Å²) in [6.07, 6.45) is 3.47. The summed E-state index contributed by atoms with van der Waals surface area (Å²) in [5.41, 5.74) is 4.77. The standard InChI is InChI=1S/C25H28N4O2/c1-18-10-11-23(19(2)13-18)27-25(31)21-9-6-12-28(17-21)22-14-24(30)29(26-15-22)16-20-7-4-3-5-8-20/h3-5,7-8,10-11,13-15,21H,6,9,12,16-17H2,1-2H3,(H,27,31)/t21-/m0/s1. The number of carbonyl (C=O) groups excluding carboxylic acids is 1. The van der Waals surface area contributed by atoms with E-state index in [2.05, 4.69) is 21.4 Å². The first kappa shape index (κ1) is 20.8. The highest BCUT2D eigenvalue weighted by atomic mass is 16.2. The fourth-order valence-corrected chi connectivity index (χ4v) is 4.09. The average molecular weight is 417 g/mol. The molecule has 1 aliphatic rings. The molecule has 0 aliphatic carbocycles. The van der Waals surface area contributed by atoms with E-state index in [0.29, 0.717) is 13.1 Å². The predicted octanol–water partition coefficient (Wildman–Crippen LogP) is 3.76. The molecule has 1 fully saturated rings. The molecule has 1 N–H and O–H groups in total. The quantitative estimate of drug-likeness (QED) is 0.688. The van der Waals surface area contributed by atoms with Crippen LogP contribution in [0, 0.1) is 19.8 Å². The number of hydrogen-bond donors (Lipinski definition) is 1. The molecule has 31 heavy (non-hydrogen) atoms. The Balaban J connectivity index is 1.43. The van der Waals surface area contributed by atoms with Crippen LogP contribution in [0.25, 0.3) is 0 Å². The molecular weight excluding hydrogens is 388 g/mol. The first-order chi connectivity index (χ1) is 15.0. The van der Waals surface area contributed by atoms with E-state index in [1.807, 2.05) is 56.3 Å². The largest absolute Gasteiger partial charge is 0.369 e. The van der Waals surface area contributed by atoms with Crippen molar-refractivity contribution < 1.29 is 4.79 Å². The molecule has 3 aromatic rings. The molecule has 1 amide bonds. The van der Waals surface area contributed by atoms with E-state index in [9.17, 15) is 9.59 Å². The third-order valence-electron chi connectivity index (χ3n) is 5.83. The molecule has 1 atom stereocenters. The zero-order valence-electron chi connectivity index (χ0n) is 18.0. The van der Waals surface area contributed by atoms with Crippen molar-refractivity contribution in [1.82, 2.24) is 9.78 Å². The van der Waals surface area contributed by atoms with Crippen LogP contribution in [0.2, 0.25) is 0 Å². The van der Waals surface area contributed by atoms with Crippen LogP contribution in [0.15, 0.2) is 65.6 Å². The molecule has 0 saturated carbocycles. The summed E-state index contributed by atoms with van der Waals surface area (Å²) in [6.45, 7) is 5.89. The van der Waals surface area contributed by atoms with Gasteiger partial charge >= 0.3 is 0 Å². The normalized spacial score (nSPS) is 16.2. The molecule has 0 radical (unpaired) electrons. The maximum absolute atomic E-state index is 12.9. The van der Waals surface area contributed by atoms with Crippen LogP contribution in [0.5, 0.6) is 0 Å². The van der Waals surface area contributed by atoms with Gasteiger partial charge in [-0.3, -0.25) is 9.59 Å². The molecule has 1 saturated heterocycles. The van der Waals surface area contributed by atoms with Crippen molar-refractivity contribution >= 4 is 17.3 Å². The predicted molar refractivity (Wildman–Crippen MR) is 124 cm³/mol. The van der Waals surface area contributed by atoms with E-state index < -0.39 is 0 Å². The molecule has 2 aromatic carbocycles. The summed E-state index contributed by atoms with van der Waals surface area (Å²) in [7, 11) is 0. The number of aromatic nitrogens is 2. The van der Waals surface area contributed by atoms with Gasteiger partial charge in [0, 0.05) is 24.8 Å². The molecule has 6 heteroatoms. The van der Waals surface area contributed by atoms with Crippen LogP contribution in [0.4, 0.5) is 11.4 Å². The minimum Gasteiger partial charge on any atom is -0.369 e. The van der Waals surface area contributed by atoms with Gasteiger partial charge in [-0.1, -0.05) is 48.0 Å². The van der Waals surface area contributed by atoms with E-state index >= 15 is 0 Å². The van der Waals surface area contributed by atoms with E-state index in [1.165, 1.54) is 10.2 Å². The molecule has 160 valence electrons. The second-order valence-corrected chi connectivity index (χ2v) is 8.29. The minimum atomic E-state index is -0.136. The van der Waals surface area contributed by atoms with Crippen LogP contribution in [-0.4, -0.2) is 28.8 Å². The lowest BCUT2D eigenvalue weighted by Gasteiger charge is -2.33. The Hall–Kier alpha value is -3.41. The van der Waals surface area contributed by atoms with Crippen LogP contribution in [-0.2, 0) is 11.3 Å². The zero-order chi connectivity index (χ0) is 21.8. The van der Waals surface area contributed by atoms with Gasteiger partial charge in [-0.05, 0) is 43.9 Å². The molecule has 1 aliphatic heterocycles. The van der Waals surface area contributed by atoms with Gasteiger partial charge in [0.25, 0.3) is 5.56 Å². The Morgan fingerprint density at radius 3 is 2.68 bits per heavy atom. The van der Waals surface area contributed by atoms with E-state index in [4.69, 9.17) is 0 Å². The van der Waals surface area contributed by atoms with E-state index in [-0.39, 0.29) is 17.4 Å². The number of nitrogens with zero attached hydrogens (tertiary/aromatic N) is 3. The van der Waals surface area contributed by atoms with Crippen molar-refractivity contribution in [1.29, 1.82) is 0 Å². The molecule has 1 aromatic heterocycles. The summed E-state index contributed by atoms with van der Waals surface area (Å²) >= 11 is 0. The highest BCUT2D eigenvalue weighted by molar-refractivity contribution is 5.93. The van der Waals surface area contributed by atoms with Crippen molar-refractivity contribution in [2.45, 2.75) is 33.2 Å². The number of anilines is 2. The Morgan fingerprint density at radius 2 is 1.94 bits per heavy atom. The van der Waals surface area contributed by atoms with Gasteiger partial charge in [-0.2, -0.15) is 5.10 Å². The number of nitrogens with one attached hydrogen (secondary N) is 1. The number of benzene rings is 2. The average Bonchev–Trinajstić information content (AvgIpc) is 2.78. The number of carbonyl (C=O) groups is 1. The number of rotatable bonds is 5. The molecule has 2 heterocycles. The van der Waals surface area contributed by atoms with Gasteiger partial charge in [0.2, 0.25) is 5.91 Å². The van der Waals surface area contributed by atoms with Crippen LogP contribution in [0.3, 0.4) is 0 Å².